The van der Waals surface area contributed by atoms with Crippen molar-refractivity contribution in [2.75, 3.05) is 0 Å². The van der Waals surface area contributed by atoms with Crippen LogP contribution in [-0.2, 0) is 0 Å². The molecule has 0 N–H and O–H groups in total. The highest BCUT2D eigenvalue weighted by Gasteiger charge is 1.99. The van der Waals surface area contributed by atoms with E-state index in [0.717, 1.165) is 10.2 Å². The van der Waals surface area contributed by atoms with Gasteiger partial charge in [-0.05, 0) is 30.7 Å². The minimum absolute atomic E-state index is 1.03. The summed E-state index contributed by atoms with van der Waals surface area (Å²) >= 11 is 3.45. The van der Waals surface area contributed by atoms with Gasteiger partial charge in [0.2, 0.25) is 0 Å². The number of benzene rings is 1. The molecule has 0 aliphatic heterocycles. The van der Waals surface area contributed by atoms with Crippen molar-refractivity contribution in [3.05, 3.63) is 40.6 Å². The number of hydrogen-bond donors (Lipinski definition) is 0. The van der Waals surface area contributed by atoms with Crippen molar-refractivity contribution in [3.63, 3.8) is 0 Å². The van der Waals surface area contributed by atoms with Gasteiger partial charge in [-0.3, -0.25) is 0 Å². The molecule has 0 spiro atoms. The molecule has 0 aliphatic rings. The average Bonchev–Trinajstić information content (AvgIpc) is 2.62. The first-order valence-corrected chi connectivity index (χ1v) is 4.69. The van der Waals surface area contributed by atoms with Gasteiger partial charge in [0.05, 0.1) is 18.1 Å². The van der Waals surface area contributed by atoms with Gasteiger partial charge in [-0.2, -0.15) is 0 Å². The summed E-state index contributed by atoms with van der Waals surface area (Å²) < 4.78 is 2.84. The summed E-state index contributed by atoms with van der Waals surface area (Å²) in [5.41, 5.74) is 2.21. The second-order valence-electron chi connectivity index (χ2n) is 2.78. The van der Waals surface area contributed by atoms with Crippen LogP contribution in [0.5, 0.6) is 0 Å². The van der Waals surface area contributed by atoms with Gasteiger partial charge >= 0.3 is 0 Å². The second kappa shape index (κ2) is 3.30. The van der Waals surface area contributed by atoms with Gasteiger partial charge in [-0.1, -0.05) is 21.1 Å². The van der Waals surface area contributed by atoms with Crippen LogP contribution in [0.4, 0.5) is 0 Å². The predicted molar refractivity (Wildman–Crippen MR) is 53.8 cm³/mol. The first-order valence-electron chi connectivity index (χ1n) is 3.90. The van der Waals surface area contributed by atoms with Gasteiger partial charge in [-0.15, -0.1) is 5.10 Å². The van der Waals surface area contributed by atoms with Crippen molar-refractivity contribution >= 4 is 15.9 Å². The second-order valence-corrected chi connectivity index (χ2v) is 3.64. The lowest BCUT2D eigenvalue weighted by Crippen LogP contribution is -1.95. The van der Waals surface area contributed by atoms with Gasteiger partial charge < -0.3 is 0 Å². The molecule has 0 bridgehead atoms. The van der Waals surface area contributed by atoms with Crippen LogP contribution in [0, 0.1) is 6.92 Å². The van der Waals surface area contributed by atoms with Crippen LogP contribution in [-0.4, -0.2) is 15.0 Å². The van der Waals surface area contributed by atoms with E-state index in [0.29, 0.717) is 0 Å². The van der Waals surface area contributed by atoms with E-state index in [2.05, 4.69) is 32.3 Å². The zero-order chi connectivity index (χ0) is 9.26. The molecule has 0 unspecified atom stereocenters. The molecule has 1 heterocycles. The summed E-state index contributed by atoms with van der Waals surface area (Å²) in [6.07, 6.45) is 3.49. The molecule has 3 nitrogen and oxygen atoms in total. The molecule has 0 atom stereocenters. The van der Waals surface area contributed by atoms with Crippen molar-refractivity contribution in [2.45, 2.75) is 6.92 Å². The summed E-state index contributed by atoms with van der Waals surface area (Å²) in [5.74, 6) is 0. The molecule has 0 fully saturated rings. The highest BCUT2D eigenvalue weighted by molar-refractivity contribution is 9.10. The van der Waals surface area contributed by atoms with E-state index in [4.69, 9.17) is 0 Å². The summed E-state index contributed by atoms with van der Waals surface area (Å²) in [6, 6.07) is 6.05. The topological polar surface area (TPSA) is 30.7 Å². The first-order chi connectivity index (χ1) is 6.27. The van der Waals surface area contributed by atoms with E-state index in [1.165, 1.54) is 5.56 Å². The quantitative estimate of drug-likeness (QED) is 0.763. The standard InChI is InChI=1S/C9H8BrN3/c1-7-6-8(2-3-9(7)10)13-5-4-11-12-13/h2-6H,1H3. The lowest BCUT2D eigenvalue weighted by molar-refractivity contribution is 0.802. The van der Waals surface area contributed by atoms with E-state index in [1.54, 1.807) is 10.9 Å². The number of aromatic nitrogens is 3. The minimum atomic E-state index is 1.03. The third-order valence-electron chi connectivity index (χ3n) is 1.83. The molecule has 0 saturated heterocycles. The molecule has 66 valence electrons. The Bertz CT molecular complexity index is 409. The van der Waals surface area contributed by atoms with E-state index < -0.39 is 0 Å². The SMILES string of the molecule is Cc1cc(-n2ccnn2)ccc1Br. The molecule has 0 saturated carbocycles. The predicted octanol–water partition coefficient (Wildman–Crippen LogP) is 2.34. The van der Waals surface area contributed by atoms with Gasteiger partial charge in [0.25, 0.3) is 0 Å². The Morgan fingerprint density at radius 1 is 1.38 bits per heavy atom. The Labute approximate surface area is 84.5 Å². The lowest BCUT2D eigenvalue weighted by atomic mass is 10.2. The van der Waals surface area contributed by atoms with Crippen LogP contribution in [0.2, 0.25) is 0 Å². The van der Waals surface area contributed by atoms with Gasteiger partial charge in [0.1, 0.15) is 0 Å². The molecule has 4 heteroatoms. The zero-order valence-corrected chi connectivity index (χ0v) is 8.69. The van der Waals surface area contributed by atoms with Crippen LogP contribution in [0.3, 0.4) is 0 Å². The fourth-order valence-electron chi connectivity index (χ4n) is 1.12. The summed E-state index contributed by atoms with van der Waals surface area (Å²) in [4.78, 5) is 0. The maximum atomic E-state index is 3.91. The average molecular weight is 238 g/mol. The number of rotatable bonds is 1. The molecule has 0 radical (unpaired) electrons. The fourth-order valence-corrected chi connectivity index (χ4v) is 1.36. The van der Waals surface area contributed by atoms with Gasteiger partial charge in [0.15, 0.2) is 0 Å². The molecular weight excluding hydrogens is 230 g/mol. The van der Waals surface area contributed by atoms with Gasteiger partial charge in [0, 0.05) is 4.47 Å². The fraction of sp³-hybridized carbons (Fsp3) is 0.111. The monoisotopic (exact) mass is 237 g/mol. The van der Waals surface area contributed by atoms with Gasteiger partial charge in [-0.25, -0.2) is 4.68 Å². The Morgan fingerprint density at radius 2 is 2.23 bits per heavy atom. The molecule has 0 amide bonds. The maximum absolute atomic E-state index is 3.91. The van der Waals surface area contributed by atoms with E-state index in [-0.39, 0.29) is 0 Å². The number of nitrogens with zero attached hydrogens (tertiary/aromatic N) is 3. The Hall–Kier alpha value is -1.16. The number of halogens is 1. The van der Waals surface area contributed by atoms with Crippen LogP contribution in [0.15, 0.2) is 35.1 Å². The molecule has 1 aromatic heterocycles. The highest BCUT2D eigenvalue weighted by atomic mass is 79.9. The first kappa shape index (κ1) is 8.44. The molecular formula is C9H8BrN3. The van der Waals surface area contributed by atoms with E-state index in [9.17, 15) is 0 Å². The lowest BCUT2D eigenvalue weighted by Gasteiger charge is -2.02. The smallest absolute Gasteiger partial charge is 0.0697 e. The third kappa shape index (κ3) is 1.62. The molecule has 0 aliphatic carbocycles. The van der Waals surface area contributed by atoms with Crippen LogP contribution in [0.1, 0.15) is 5.56 Å². The van der Waals surface area contributed by atoms with Crippen molar-refractivity contribution in [1.82, 2.24) is 15.0 Å². The van der Waals surface area contributed by atoms with Crippen molar-refractivity contribution < 1.29 is 0 Å². The molecule has 2 aromatic rings. The summed E-state index contributed by atoms with van der Waals surface area (Å²) in [5, 5.41) is 7.66. The zero-order valence-electron chi connectivity index (χ0n) is 7.11. The molecule has 13 heavy (non-hydrogen) atoms. The van der Waals surface area contributed by atoms with Crippen LogP contribution in [0.25, 0.3) is 5.69 Å². The third-order valence-corrected chi connectivity index (χ3v) is 2.72. The van der Waals surface area contributed by atoms with Crippen molar-refractivity contribution in [1.29, 1.82) is 0 Å². The minimum Gasteiger partial charge on any atom is -0.221 e. The molecule has 2 rings (SSSR count). The highest BCUT2D eigenvalue weighted by Crippen LogP contribution is 2.18. The maximum Gasteiger partial charge on any atom is 0.0697 e. The van der Waals surface area contributed by atoms with Crippen LogP contribution < -0.4 is 0 Å². The Balaban J connectivity index is 2.49. The normalized spacial score (nSPS) is 10.3. The Morgan fingerprint density at radius 3 is 2.85 bits per heavy atom. The number of hydrogen-bond acceptors (Lipinski definition) is 2. The van der Waals surface area contributed by atoms with E-state index >= 15 is 0 Å². The van der Waals surface area contributed by atoms with Crippen LogP contribution >= 0.6 is 15.9 Å². The van der Waals surface area contributed by atoms with Crippen molar-refractivity contribution in [2.24, 2.45) is 0 Å². The summed E-state index contributed by atoms with van der Waals surface area (Å²) in [6.45, 7) is 2.05. The van der Waals surface area contributed by atoms with Crippen molar-refractivity contribution in [3.8, 4) is 5.69 Å². The van der Waals surface area contributed by atoms with E-state index in [1.807, 2.05) is 25.3 Å². The largest absolute Gasteiger partial charge is 0.221 e. The molecule has 1 aromatic carbocycles. The number of aryl methyl sites for hydroxylation is 1. The Kier molecular flexibility index (Phi) is 2.14. The summed E-state index contributed by atoms with van der Waals surface area (Å²) in [7, 11) is 0.